The van der Waals surface area contributed by atoms with Gasteiger partial charge in [-0.05, 0) is 42.7 Å². The number of hydrogen-bond donors (Lipinski definition) is 1. The summed E-state index contributed by atoms with van der Waals surface area (Å²) in [5.74, 6) is -0.0692. The summed E-state index contributed by atoms with van der Waals surface area (Å²) in [6.45, 7) is 0.563. The lowest BCUT2D eigenvalue weighted by Crippen LogP contribution is -2.45. The summed E-state index contributed by atoms with van der Waals surface area (Å²) in [7, 11) is 4.02. The van der Waals surface area contributed by atoms with Gasteiger partial charge in [0.05, 0.1) is 0 Å². The van der Waals surface area contributed by atoms with E-state index in [0.717, 1.165) is 17.8 Å². The van der Waals surface area contributed by atoms with Crippen LogP contribution in [-0.4, -0.2) is 38.5 Å². The molecule has 1 aliphatic heterocycles. The predicted molar refractivity (Wildman–Crippen MR) is 104 cm³/mol. The number of anilines is 2. The fraction of sp³-hybridized carbons (Fsp3) is 0.333. The van der Waals surface area contributed by atoms with Gasteiger partial charge in [-0.3, -0.25) is 14.5 Å². The third-order valence-electron chi connectivity index (χ3n) is 4.71. The summed E-state index contributed by atoms with van der Waals surface area (Å²) in [5, 5.41) is 2.99. The van der Waals surface area contributed by atoms with Crippen molar-refractivity contribution in [1.29, 1.82) is 0 Å². The molecule has 26 heavy (non-hydrogen) atoms. The molecular weight excluding hydrogens is 326 g/mol. The van der Waals surface area contributed by atoms with Crippen LogP contribution in [0.3, 0.4) is 0 Å². The second-order valence-electron chi connectivity index (χ2n) is 6.76. The predicted octanol–water partition coefficient (Wildman–Crippen LogP) is 2.61. The van der Waals surface area contributed by atoms with Crippen molar-refractivity contribution in [3.8, 4) is 0 Å². The van der Waals surface area contributed by atoms with Crippen LogP contribution in [0.2, 0.25) is 0 Å². The lowest BCUT2D eigenvalue weighted by atomic mass is 10.1. The minimum Gasteiger partial charge on any atom is -0.378 e. The first-order valence-electron chi connectivity index (χ1n) is 8.97. The number of carbonyl (C=O) groups is 2. The van der Waals surface area contributed by atoms with E-state index in [1.165, 1.54) is 5.56 Å². The van der Waals surface area contributed by atoms with Crippen LogP contribution in [0.15, 0.2) is 54.6 Å². The molecule has 136 valence electrons. The standard InChI is InChI=1S/C21H25N3O2/c1-23(2)17-10-8-16(9-11-17)14-15-22-21(26)19-12-13-20(25)24(19)18-6-4-3-5-7-18/h3-11,19H,12-15H2,1-2H3,(H,22,26). The maximum atomic E-state index is 12.6. The van der Waals surface area contributed by atoms with Gasteiger partial charge in [0.2, 0.25) is 11.8 Å². The van der Waals surface area contributed by atoms with Gasteiger partial charge in [0.1, 0.15) is 6.04 Å². The average Bonchev–Trinajstić information content (AvgIpc) is 3.04. The molecule has 0 aromatic heterocycles. The molecule has 1 saturated heterocycles. The Morgan fingerprint density at radius 1 is 1.12 bits per heavy atom. The van der Waals surface area contributed by atoms with Gasteiger partial charge in [0.15, 0.2) is 0 Å². The van der Waals surface area contributed by atoms with Crippen molar-refractivity contribution >= 4 is 23.2 Å². The zero-order valence-electron chi connectivity index (χ0n) is 15.3. The maximum absolute atomic E-state index is 12.6. The number of benzene rings is 2. The lowest BCUT2D eigenvalue weighted by molar-refractivity contribution is -0.123. The van der Waals surface area contributed by atoms with Crippen molar-refractivity contribution in [2.45, 2.75) is 25.3 Å². The third-order valence-corrected chi connectivity index (χ3v) is 4.71. The van der Waals surface area contributed by atoms with Crippen LogP contribution >= 0.6 is 0 Å². The first kappa shape index (κ1) is 18.0. The lowest BCUT2D eigenvalue weighted by Gasteiger charge is -2.24. The molecule has 0 spiro atoms. The highest BCUT2D eigenvalue weighted by atomic mass is 16.2. The summed E-state index contributed by atoms with van der Waals surface area (Å²) in [6.07, 6.45) is 1.75. The number of hydrogen-bond acceptors (Lipinski definition) is 3. The Bertz CT molecular complexity index is 757. The van der Waals surface area contributed by atoms with Gasteiger partial charge in [-0.25, -0.2) is 0 Å². The van der Waals surface area contributed by atoms with Gasteiger partial charge >= 0.3 is 0 Å². The summed E-state index contributed by atoms with van der Waals surface area (Å²) in [6, 6.07) is 17.3. The first-order chi connectivity index (χ1) is 12.6. The van der Waals surface area contributed by atoms with Gasteiger partial charge in [-0.2, -0.15) is 0 Å². The molecule has 1 aliphatic rings. The second-order valence-corrected chi connectivity index (χ2v) is 6.76. The molecule has 1 heterocycles. The minimum absolute atomic E-state index is 0.00984. The van der Waals surface area contributed by atoms with E-state index in [4.69, 9.17) is 0 Å². The number of rotatable bonds is 6. The third kappa shape index (κ3) is 4.04. The Kier molecular flexibility index (Phi) is 5.56. The molecule has 2 aromatic carbocycles. The Hall–Kier alpha value is -2.82. The van der Waals surface area contributed by atoms with Crippen LogP contribution in [-0.2, 0) is 16.0 Å². The van der Waals surface area contributed by atoms with Crippen molar-refractivity contribution < 1.29 is 9.59 Å². The van der Waals surface area contributed by atoms with E-state index in [1.54, 1.807) is 4.90 Å². The van der Waals surface area contributed by atoms with Gasteiger partial charge in [0, 0.05) is 38.4 Å². The van der Waals surface area contributed by atoms with Crippen molar-refractivity contribution in [2.75, 3.05) is 30.4 Å². The molecule has 5 nitrogen and oxygen atoms in total. The Morgan fingerprint density at radius 2 is 1.81 bits per heavy atom. The molecule has 1 atom stereocenters. The molecule has 3 rings (SSSR count). The fourth-order valence-electron chi connectivity index (χ4n) is 3.25. The zero-order valence-corrected chi connectivity index (χ0v) is 15.3. The number of nitrogens with one attached hydrogen (secondary N) is 1. The van der Waals surface area contributed by atoms with Crippen molar-refractivity contribution in [2.24, 2.45) is 0 Å². The molecule has 2 aromatic rings. The smallest absolute Gasteiger partial charge is 0.243 e. The first-order valence-corrected chi connectivity index (χ1v) is 8.97. The molecule has 2 amide bonds. The average molecular weight is 351 g/mol. The fourth-order valence-corrected chi connectivity index (χ4v) is 3.25. The van der Waals surface area contributed by atoms with E-state index in [9.17, 15) is 9.59 Å². The number of nitrogens with zero attached hydrogens (tertiary/aromatic N) is 2. The largest absolute Gasteiger partial charge is 0.378 e. The molecule has 1 fully saturated rings. The number of amides is 2. The highest BCUT2D eigenvalue weighted by molar-refractivity contribution is 6.03. The molecule has 1 unspecified atom stereocenters. The molecule has 0 bridgehead atoms. The van der Waals surface area contributed by atoms with Crippen LogP contribution in [0.5, 0.6) is 0 Å². The van der Waals surface area contributed by atoms with E-state index >= 15 is 0 Å². The van der Waals surface area contributed by atoms with Crippen LogP contribution in [0.4, 0.5) is 11.4 Å². The molecule has 0 saturated carbocycles. The molecule has 5 heteroatoms. The molecule has 1 N–H and O–H groups in total. The van der Waals surface area contributed by atoms with Crippen LogP contribution in [0, 0.1) is 0 Å². The maximum Gasteiger partial charge on any atom is 0.243 e. The molecular formula is C21H25N3O2. The second kappa shape index (κ2) is 8.04. The van der Waals surface area contributed by atoms with E-state index in [1.807, 2.05) is 44.4 Å². The summed E-state index contributed by atoms with van der Waals surface area (Å²) in [4.78, 5) is 28.5. The Labute approximate surface area is 154 Å². The highest BCUT2D eigenvalue weighted by Gasteiger charge is 2.36. The topological polar surface area (TPSA) is 52.7 Å². The van der Waals surface area contributed by atoms with Crippen molar-refractivity contribution in [3.63, 3.8) is 0 Å². The van der Waals surface area contributed by atoms with E-state index in [0.29, 0.717) is 19.4 Å². The molecule has 0 radical (unpaired) electrons. The highest BCUT2D eigenvalue weighted by Crippen LogP contribution is 2.26. The number of carbonyl (C=O) groups excluding carboxylic acids is 2. The Morgan fingerprint density at radius 3 is 2.46 bits per heavy atom. The monoisotopic (exact) mass is 351 g/mol. The van der Waals surface area contributed by atoms with Crippen molar-refractivity contribution in [3.05, 3.63) is 60.2 Å². The van der Waals surface area contributed by atoms with Gasteiger partial charge in [-0.1, -0.05) is 30.3 Å². The van der Waals surface area contributed by atoms with Crippen LogP contribution in [0.1, 0.15) is 18.4 Å². The Balaban J connectivity index is 1.56. The molecule has 0 aliphatic carbocycles. The number of para-hydroxylation sites is 1. The normalized spacial score (nSPS) is 16.6. The van der Waals surface area contributed by atoms with E-state index in [2.05, 4.69) is 34.5 Å². The van der Waals surface area contributed by atoms with E-state index in [-0.39, 0.29) is 11.8 Å². The summed E-state index contributed by atoms with van der Waals surface area (Å²) in [5.41, 5.74) is 3.12. The van der Waals surface area contributed by atoms with Gasteiger partial charge in [-0.15, -0.1) is 0 Å². The van der Waals surface area contributed by atoms with E-state index < -0.39 is 6.04 Å². The van der Waals surface area contributed by atoms with Crippen LogP contribution < -0.4 is 15.1 Å². The van der Waals surface area contributed by atoms with Crippen molar-refractivity contribution in [1.82, 2.24) is 5.32 Å². The van der Waals surface area contributed by atoms with Gasteiger partial charge in [0.25, 0.3) is 0 Å². The minimum atomic E-state index is -0.416. The SMILES string of the molecule is CN(C)c1ccc(CCNC(=O)C2CCC(=O)N2c2ccccc2)cc1. The van der Waals surface area contributed by atoms with Crippen LogP contribution in [0.25, 0.3) is 0 Å². The summed E-state index contributed by atoms with van der Waals surface area (Å²) < 4.78 is 0. The summed E-state index contributed by atoms with van der Waals surface area (Å²) >= 11 is 0. The zero-order chi connectivity index (χ0) is 18.5. The quantitative estimate of drug-likeness (QED) is 0.870. The van der Waals surface area contributed by atoms with Gasteiger partial charge < -0.3 is 10.2 Å².